The largest absolute Gasteiger partial charge is 0.482 e. The van der Waals surface area contributed by atoms with Crippen LogP contribution in [0.25, 0.3) is 0 Å². The summed E-state index contributed by atoms with van der Waals surface area (Å²) in [6, 6.07) is 1.84. The minimum atomic E-state index is -4.52. The van der Waals surface area contributed by atoms with Gasteiger partial charge in [-0.05, 0) is 12.1 Å². The van der Waals surface area contributed by atoms with E-state index in [9.17, 15) is 22.8 Å². The second-order valence-corrected chi connectivity index (χ2v) is 4.14. The number of ether oxygens (including phenoxy) is 1. The number of carbonyl (C=O) groups excluding carboxylic acids is 2. The van der Waals surface area contributed by atoms with E-state index in [2.05, 4.69) is 22.2 Å². The van der Waals surface area contributed by atoms with Gasteiger partial charge in [-0.2, -0.15) is 13.2 Å². The molecule has 2 amide bonds. The molecule has 1 aromatic rings. The Labute approximate surface area is 124 Å². The van der Waals surface area contributed by atoms with Crippen LogP contribution >= 0.6 is 0 Å². The summed E-state index contributed by atoms with van der Waals surface area (Å²) in [7, 11) is 0. The van der Waals surface area contributed by atoms with Crippen LogP contribution < -0.4 is 15.4 Å². The lowest BCUT2D eigenvalue weighted by Gasteiger charge is -2.10. The van der Waals surface area contributed by atoms with Crippen LogP contribution in [0, 0.1) is 0 Å². The maximum absolute atomic E-state index is 12.3. The maximum Gasteiger partial charge on any atom is 0.433 e. The summed E-state index contributed by atoms with van der Waals surface area (Å²) in [6.07, 6.45) is -2.76. The molecule has 1 aromatic heterocycles. The predicted octanol–water partition coefficient (Wildman–Crippen LogP) is 1.25. The molecule has 0 unspecified atom stereocenters. The van der Waals surface area contributed by atoms with Gasteiger partial charge in [0.05, 0.1) is 6.20 Å². The second-order valence-electron chi connectivity index (χ2n) is 4.14. The van der Waals surface area contributed by atoms with Gasteiger partial charge in [0.2, 0.25) is 6.41 Å². The standard InChI is InChI=1S/C13H14F3N3O3/c1-9(4-5-17-8-20)19-12(21)7-22-10-2-3-11(18-6-10)13(14,15)16/h2-3,6,8H,1,4-5,7H2,(H,17,20)(H,19,21). The smallest absolute Gasteiger partial charge is 0.433 e. The second kappa shape index (κ2) is 8.01. The Morgan fingerprint density at radius 3 is 2.68 bits per heavy atom. The molecule has 9 heteroatoms. The van der Waals surface area contributed by atoms with Crippen LogP contribution in [0.2, 0.25) is 0 Å². The molecule has 2 N–H and O–H groups in total. The van der Waals surface area contributed by atoms with E-state index in [-0.39, 0.29) is 5.75 Å². The van der Waals surface area contributed by atoms with E-state index in [1.54, 1.807) is 0 Å². The normalized spacial score (nSPS) is 10.7. The molecule has 0 radical (unpaired) electrons. The fraction of sp³-hybridized carbons (Fsp3) is 0.308. The number of aromatic nitrogens is 1. The van der Waals surface area contributed by atoms with Crippen molar-refractivity contribution in [2.75, 3.05) is 13.2 Å². The van der Waals surface area contributed by atoms with Crippen molar-refractivity contribution in [1.82, 2.24) is 15.6 Å². The lowest BCUT2D eigenvalue weighted by Crippen LogP contribution is -2.29. The molecular weight excluding hydrogens is 303 g/mol. The molecule has 0 saturated heterocycles. The third-order valence-electron chi connectivity index (χ3n) is 2.37. The van der Waals surface area contributed by atoms with Gasteiger partial charge in [0.15, 0.2) is 6.61 Å². The highest BCUT2D eigenvalue weighted by Gasteiger charge is 2.32. The predicted molar refractivity (Wildman–Crippen MR) is 70.7 cm³/mol. The Balaban J connectivity index is 2.38. The zero-order valence-corrected chi connectivity index (χ0v) is 11.4. The van der Waals surface area contributed by atoms with E-state index in [4.69, 9.17) is 4.74 Å². The number of alkyl halides is 3. The topological polar surface area (TPSA) is 80.3 Å². The molecule has 120 valence electrons. The van der Waals surface area contributed by atoms with Gasteiger partial charge in [0, 0.05) is 18.7 Å². The Bertz CT molecular complexity index is 530. The van der Waals surface area contributed by atoms with Crippen LogP contribution in [0.3, 0.4) is 0 Å². The van der Waals surface area contributed by atoms with Gasteiger partial charge in [0.25, 0.3) is 5.91 Å². The Hall–Kier alpha value is -2.58. The van der Waals surface area contributed by atoms with E-state index in [1.165, 1.54) is 0 Å². The van der Waals surface area contributed by atoms with Crippen molar-refractivity contribution in [1.29, 1.82) is 0 Å². The van der Waals surface area contributed by atoms with Crippen LogP contribution in [-0.4, -0.2) is 30.5 Å². The van der Waals surface area contributed by atoms with Gasteiger partial charge in [-0.3, -0.25) is 9.59 Å². The van der Waals surface area contributed by atoms with E-state index in [0.29, 0.717) is 25.1 Å². The van der Waals surface area contributed by atoms with Gasteiger partial charge < -0.3 is 15.4 Å². The van der Waals surface area contributed by atoms with Crippen molar-refractivity contribution in [2.45, 2.75) is 12.6 Å². The summed E-state index contributed by atoms with van der Waals surface area (Å²) in [5, 5.41) is 4.83. The fourth-order valence-corrected chi connectivity index (χ4v) is 1.36. The Kier molecular flexibility index (Phi) is 6.36. The first-order chi connectivity index (χ1) is 10.3. The van der Waals surface area contributed by atoms with Crippen LogP contribution in [0.5, 0.6) is 5.75 Å². The number of nitrogens with one attached hydrogen (secondary N) is 2. The molecule has 22 heavy (non-hydrogen) atoms. The summed E-state index contributed by atoms with van der Waals surface area (Å²) in [4.78, 5) is 24.7. The van der Waals surface area contributed by atoms with Crippen molar-refractivity contribution >= 4 is 12.3 Å². The van der Waals surface area contributed by atoms with E-state index < -0.39 is 24.4 Å². The SMILES string of the molecule is C=C(CCNC=O)NC(=O)COc1ccc(C(F)(F)F)nc1. The summed E-state index contributed by atoms with van der Waals surface area (Å²) >= 11 is 0. The van der Waals surface area contributed by atoms with Crippen LogP contribution in [-0.2, 0) is 15.8 Å². The monoisotopic (exact) mass is 317 g/mol. The molecular formula is C13H14F3N3O3. The molecule has 1 rings (SSSR count). The van der Waals surface area contributed by atoms with Crippen LogP contribution in [0.4, 0.5) is 13.2 Å². The average Bonchev–Trinajstić information content (AvgIpc) is 2.45. The lowest BCUT2D eigenvalue weighted by molar-refractivity contribution is -0.141. The summed E-state index contributed by atoms with van der Waals surface area (Å²) in [6.45, 7) is 3.51. The number of nitrogens with zero attached hydrogens (tertiary/aromatic N) is 1. The molecule has 1 heterocycles. The molecule has 0 saturated carbocycles. The number of pyridine rings is 1. The highest BCUT2D eigenvalue weighted by atomic mass is 19.4. The lowest BCUT2D eigenvalue weighted by atomic mass is 10.3. The highest BCUT2D eigenvalue weighted by molar-refractivity contribution is 5.79. The Morgan fingerprint density at radius 1 is 1.41 bits per heavy atom. The molecule has 0 aliphatic rings. The number of carbonyl (C=O) groups is 2. The average molecular weight is 317 g/mol. The molecule has 0 fully saturated rings. The maximum atomic E-state index is 12.3. The highest BCUT2D eigenvalue weighted by Crippen LogP contribution is 2.28. The minimum absolute atomic E-state index is 0.0383. The van der Waals surface area contributed by atoms with Crippen LogP contribution in [0.15, 0.2) is 30.6 Å². The van der Waals surface area contributed by atoms with E-state index >= 15 is 0 Å². The molecule has 0 spiro atoms. The van der Waals surface area contributed by atoms with E-state index in [1.807, 2.05) is 0 Å². The van der Waals surface area contributed by atoms with Crippen molar-refractivity contribution < 1.29 is 27.5 Å². The van der Waals surface area contributed by atoms with Gasteiger partial charge in [-0.1, -0.05) is 6.58 Å². The molecule has 0 aliphatic heterocycles. The summed E-state index contributed by atoms with van der Waals surface area (Å²) < 4.78 is 41.9. The van der Waals surface area contributed by atoms with Crippen molar-refractivity contribution in [3.05, 3.63) is 36.3 Å². The van der Waals surface area contributed by atoms with Gasteiger partial charge in [-0.15, -0.1) is 0 Å². The third-order valence-corrected chi connectivity index (χ3v) is 2.37. The molecule has 0 aliphatic carbocycles. The first-order valence-corrected chi connectivity index (χ1v) is 6.13. The van der Waals surface area contributed by atoms with Crippen molar-refractivity contribution in [3.63, 3.8) is 0 Å². The molecule has 0 atom stereocenters. The minimum Gasteiger partial charge on any atom is -0.482 e. The number of hydrogen-bond acceptors (Lipinski definition) is 4. The first kappa shape index (κ1) is 17.5. The van der Waals surface area contributed by atoms with Gasteiger partial charge >= 0.3 is 6.18 Å². The quantitative estimate of drug-likeness (QED) is 0.558. The third kappa shape index (κ3) is 6.25. The summed E-state index contributed by atoms with van der Waals surface area (Å²) in [5.74, 6) is -0.479. The molecule has 0 aromatic carbocycles. The number of rotatable bonds is 8. The fourth-order valence-electron chi connectivity index (χ4n) is 1.36. The van der Waals surface area contributed by atoms with Crippen molar-refractivity contribution in [3.8, 4) is 5.75 Å². The first-order valence-electron chi connectivity index (χ1n) is 6.13. The van der Waals surface area contributed by atoms with Crippen LogP contribution in [0.1, 0.15) is 12.1 Å². The zero-order valence-electron chi connectivity index (χ0n) is 11.4. The Morgan fingerprint density at radius 2 is 2.14 bits per heavy atom. The van der Waals surface area contributed by atoms with Gasteiger partial charge in [0.1, 0.15) is 11.4 Å². The number of halogens is 3. The number of amides is 2. The molecule has 0 bridgehead atoms. The van der Waals surface area contributed by atoms with Gasteiger partial charge in [-0.25, -0.2) is 4.98 Å². The van der Waals surface area contributed by atoms with Crippen molar-refractivity contribution in [2.24, 2.45) is 0 Å². The number of hydrogen-bond donors (Lipinski definition) is 2. The zero-order chi connectivity index (χ0) is 16.6. The van der Waals surface area contributed by atoms with E-state index in [0.717, 1.165) is 18.3 Å². The summed E-state index contributed by atoms with van der Waals surface area (Å²) in [5.41, 5.74) is -0.658. The molecule has 6 nitrogen and oxygen atoms in total.